The van der Waals surface area contributed by atoms with Crippen LogP contribution in [-0.2, 0) is 0 Å². The van der Waals surface area contributed by atoms with Crippen LogP contribution >= 0.6 is 11.3 Å². The number of hydrogen-bond donors (Lipinski definition) is 0. The summed E-state index contributed by atoms with van der Waals surface area (Å²) in [6.45, 7) is 0. The Morgan fingerprint density at radius 1 is 0.408 bits per heavy atom. The normalized spacial score (nSPS) is 11.7. The van der Waals surface area contributed by atoms with Gasteiger partial charge in [-0.25, -0.2) is 0 Å². The standard InChI is InChI=1S/C46H30N2S/c1-4-14-31(15-5-1)32-24-26-35(27-25-32)48-41-29-28-36(47(33-16-6-2-7-17-33)34-18-8-3-9-19-34)30-40(41)43-37-20-10-11-21-38(37)44-39-22-12-13-23-42(39)49-46(44)45(43)48/h1-30H. The predicted octanol–water partition coefficient (Wildman–Crippen LogP) is 13.4. The van der Waals surface area contributed by atoms with E-state index in [4.69, 9.17) is 0 Å². The van der Waals surface area contributed by atoms with Crippen molar-refractivity contribution >= 4 is 81.1 Å². The Kier molecular flexibility index (Phi) is 6.39. The van der Waals surface area contributed by atoms with Crippen molar-refractivity contribution in [2.24, 2.45) is 0 Å². The molecule has 3 heteroatoms. The average molecular weight is 643 g/mol. The number of aromatic nitrogens is 1. The molecule has 0 aliphatic rings. The van der Waals surface area contributed by atoms with Crippen LogP contribution in [0.25, 0.3) is 69.6 Å². The summed E-state index contributed by atoms with van der Waals surface area (Å²) in [6.07, 6.45) is 0. The van der Waals surface area contributed by atoms with Gasteiger partial charge < -0.3 is 9.47 Å². The number of para-hydroxylation sites is 2. The highest BCUT2D eigenvalue weighted by Crippen LogP contribution is 2.49. The molecule has 10 aromatic rings. The Hall–Kier alpha value is -6.16. The van der Waals surface area contributed by atoms with Crippen molar-refractivity contribution in [1.82, 2.24) is 4.57 Å². The van der Waals surface area contributed by atoms with Gasteiger partial charge in [0.1, 0.15) is 0 Å². The molecule has 0 bridgehead atoms. The molecule has 230 valence electrons. The Morgan fingerprint density at radius 2 is 0.959 bits per heavy atom. The average Bonchev–Trinajstić information content (AvgIpc) is 3.73. The molecular weight excluding hydrogens is 613 g/mol. The molecule has 0 unspecified atom stereocenters. The first-order chi connectivity index (χ1) is 24.3. The van der Waals surface area contributed by atoms with E-state index in [0.29, 0.717) is 0 Å². The summed E-state index contributed by atoms with van der Waals surface area (Å²) in [4.78, 5) is 2.36. The minimum absolute atomic E-state index is 1.13. The summed E-state index contributed by atoms with van der Waals surface area (Å²) < 4.78 is 5.14. The number of hydrogen-bond acceptors (Lipinski definition) is 2. The van der Waals surface area contributed by atoms with Crippen molar-refractivity contribution < 1.29 is 0 Å². The van der Waals surface area contributed by atoms with Gasteiger partial charge in [-0.2, -0.15) is 0 Å². The molecule has 49 heavy (non-hydrogen) atoms. The molecule has 2 heterocycles. The predicted molar refractivity (Wildman–Crippen MR) is 211 cm³/mol. The summed E-state index contributed by atoms with van der Waals surface area (Å²) in [7, 11) is 0. The minimum Gasteiger partial charge on any atom is -0.310 e. The second kappa shape index (κ2) is 11.2. The lowest BCUT2D eigenvalue weighted by Gasteiger charge is -2.25. The third kappa shape index (κ3) is 4.40. The minimum atomic E-state index is 1.13. The van der Waals surface area contributed by atoms with Crippen LogP contribution in [0.2, 0.25) is 0 Å². The van der Waals surface area contributed by atoms with Gasteiger partial charge in [0.2, 0.25) is 0 Å². The molecule has 0 radical (unpaired) electrons. The molecule has 0 atom stereocenters. The van der Waals surface area contributed by atoms with E-state index in [9.17, 15) is 0 Å². The van der Waals surface area contributed by atoms with E-state index in [1.54, 1.807) is 0 Å². The van der Waals surface area contributed by atoms with Crippen molar-refractivity contribution in [2.45, 2.75) is 0 Å². The molecule has 2 nitrogen and oxygen atoms in total. The molecule has 0 aliphatic heterocycles. The van der Waals surface area contributed by atoms with E-state index in [2.05, 4.69) is 191 Å². The molecule has 2 aromatic heterocycles. The Balaban J connectivity index is 1.33. The van der Waals surface area contributed by atoms with Crippen molar-refractivity contribution in [3.05, 3.63) is 182 Å². The Bertz CT molecular complexity index is 2760. The maximum Gasteiger partial charge on any atom is 0.0726 e. The van der Waals surface area contributed by atoms with Crippen molar-refractivity contribution in [3.8, 4) is 16.8 Å². The fourth-order valence-corrected chi connectivity index (χ4v) is 8.87. The smallest absolute Gasteiger partial charge is 0.0726 e. The largest absolute Gasteiger partial charge is 0.310 e. The summed E-state index contributed by atoms with van der Waals surface area (Å²) in [5.41, 5.74) is 9.44. The second-order valence-electron chi connectivity index (χ2n) is 12.5. The Morgan fingerprint density at radius 3 is 1.63 bits per heavy atom. The Labute approximate surface area is 288 Å². The van der Waals surface area contributed by atoms with Gasteiger partial charge in [0.15, 0.2) is 0 Å². The van der Waals surface area contributed by atoms with E-state index in [1.165, 1.54) is 63.9 Å². The number of fused-ring (bicyclic) bond motifs is 10. The zero-order valence-electron chi connectivity index (χ0n) is 26.6. The molecule has 0 saturated heterocycles. The highest BCUT2D eigenvalue weighted by atomic mass is 32.1. The lowest BCUT2D eigenvalue weighted by atomic mass is 9.98. The molecule has 0 amide bonds. The van der Waals surface area contributed by atoms with Crippen molar-refractivity contribution in [2.75, 3.05) is 4.90 Å². The maximum atomic E-state index is 2.50. The van der Waals surface area contributed by atoms with Crippen LogP contribution in [0.1, 0.15) is 0 Å². The number of nitrogens with zero attached hydrogens (tertiary/aromatic N) is 2. The van der Waals surface area contributed by atoms with Crippen LogP contribution in [0.3, 0.4) is 0 Å². The molecule has 0 aliphatic carbocycles. The quantitative estimate of drug-likeness (QED) is 0.181. The number of rotatable bonds is 5. The molecule has 0 N–H and O–H groups in total. The van der Waals surface area contributed by atoms with Gasteiger partial charge in [0.25, 0.3) is 0 Å². The molecule has 0 fully saturated rings. The van der Waals surface area contributed by atoms with Crippen LogP contribution in [0.15, 0.2) is 182 Å². The first-order valence-corrected chi connectivity index (χ1v) is 17.5. The van der Waals surface area contributed by atoms with Gasteiger partial charge in [0.05, 0.1) is 15.7 Å². The van der Waals surface area contributed by atoms with E-state index in [-0.39, 0.29) is 0 Å². The number of benzene rings is 8. The lowest BCUT2D eigenvalue weighted by Crippen LogP contribution is -2.09. The zero-order chi connectivity index (χ0) is 32.3. The van der Waals surface area contributed by atoms with Crippen LogP contribution in [0, 0.1) is 0 Å². The number of anilines is 3. The lowest BCUT2D eigenvalue weighted by molar-refractivity contribution is 1.19. The fraction of sp³-hybridized carbons (Fsp3) is 0. The zero-order valence-corrected chi connectivity index (χ0v) is 27.4. The highest BCUT2D eigenvalue weighted by molar-refractivity contribution is 7.27. The third-order valence-electron chi connectivity index (χ3n) is 9.75. The van der Waals surface area contributed by atoms with Crippen LogP contribution in [-0.4, -0.2) is 4.57 Å². The maximum absolute atomic E-state index is 2.50. The molecule has 0 saturated carbocycles. The van der Waals surface area contributed by atoms with Gasteiger partial charge in [-0.3, -0.25) is 0 Å². The van der Waals surface area contributed by atoms with Crippen LogP contribution in [0.5, 0.6) is 0 Å². The van der Waals surface area contributed by atoms with Gasteiger partial charge in [-0.1, -0.05) is 121 Å². The SMILES string of the molecule is c1ccc(-c2ccc(-n3c4ccc(N(c5ccccc5)c5ccccc5)cc4c4c5ccccc5c5c6ccccc6sc5c43)cc2)cc1. The topological polar surface area (TPSA) is 8.17 Å². The van der Waals surface area contributed by atoms with E-state index < -0.39 is 0 Å². The second-order valence-corrected chi connectivity index (χ2v) is 13.6. The summed E-state index contributed by atoms with van der Waals surface area (Å²) in [5, 5.41) is 7.77. The van der Waals surface area contributed by atoms with E-state index in [0.717, 1.165) is 22.7 Å². The highest BCUT2D eigenvalue weighted by Gasteiger charge is 2.23. The van der Waals surface area contributed by atoms with Crippen LogP contribution < -0.4 is 4.90 Å². The van der Waals surface area contributed by atoms with Gasteiger partial charge in [-0.05, 0) is 82.6 Å². The fourth-order valence-electron chi connectivity index (χ4n) is 7.61. The number of thiophene rings is 1. The molecule has 0 spiro atoms. The molecule has 10 rings (SSSR count). The summed E-state index contributed by atoms with van der Waals surface area (Å²) >= 11 is 1.90. The first kappa shape index (κ1) is 27.9. The van der Waals surface area contributed by atoms with Gasteiger partial charge >= 0.3 is 0 Å². The van der Waals surface area contributed by atoms with Gasteiger partial charge in [-0.15, -0.1) is 11.3 Å². The summed E-state index contributed by atoms with van der Waals surface area (Å²) in [6, 6.07) is 65.9. The monoisotopic (exact) mass is 642 g/mol. The van der Waals surface area contributed by atoms with Gasteiger partial charge in [0, 0.05) is 49.0 Å². The molecule has 8 aromatic carbocycles. The third-order valence-corrected chi connectivity index (χ3v) is 10.9. The van der Waals surface area contributed by atoms with E-state index >= 15 is 0 Å². The van der Waals surface area contributed by atoms with Crippen molar-refractivity contribution in [3.63, 3.8) is 0 Å². The van der Waals surface area contributed by atoms with Crippen molar-refractivity contribution in [1.29, 1.82) is 0 Å². The molecular formula is C46H30N2S. The summed E-state index contributed by atoms with van der Waals surface area (Å²) in [5.74, 6) is 0. The van der Waals surface area contributed by atoms with Crippen LogP contribution in [0.4, 0.5) is 17.1 Å². The first-order valence-electron chi connectivity index (χ1n) is 16.7. The van der Waals surface area contributed by atoms with E-state index in [1.807, 2.05) is 11.3 Å².